The van der Waals surface area contributed by atoms with Crippen molar-refractivity contribution < 1.29 is 0 Å². The number of hydrogen-bond donors (Lipinski definition) is 1. The van der Waals surface area contributed by atoms with Gasteiger partial charge in [-0.3, -0.25) is 0 Å². The van der Waals surface area contributed by atoms with E-state index in [4.69, 9.17) is 0 Å². The van der Waals surface area contributed by atoms with Crippen molar-refractivity contribution in [2.75, 3.05) is 5.75 Å². The van der Waals surface area contributed by atoms with E-state index in [-0.39, 0.29) is 0 Å². The first-order valence-electron chi connectivity index (χ1n) is 3.10. The van der Waals surface area contributed by atoms with Crippen LogP contribution >= 0.6 is 24.4 Å². The van der Waals surface area contributed by atoms with Crippen molar-refractivity contribution in [3.8, 4) is 0 Å². The molecule has 0 N–H and O–H groups in total. The highest BCUT2D eigenvalue weighted by Crippen LogP contribution is 2.28. The minimum Gasteiger partial charge on any atom is -0.175 e. The van der Waals surface area contributed by atoms with Gasteiger partial charge in [-0.1, -0.05) is 6.92 Å². The van der Waals surface area contributed by atoms with E-state index in [9.17, 15) is 0 Å². The van der Waals surface area contributed by atoms with Crippen molar-refractivity contribution in [2.24, 2.45) is 0 Å². The van der Waals surface area contributed by atoms with Gasteiger partial charge >= 0.3 is 0 Å². The largest absolute Gasteiger partial charge is 0.175 e. The van der Waals surface area contributed by atoms with Crippen LogP contribution in [0.4, 0.5) is 0 Å². The topological polar surface area (TPSA) is 0 Å². The molecule has 48 valence electrons. The third-order valence-electron chi connectivity index (χ3n) is 1.57. The summed E-state index contributed by atoms with van der Waals surface area (Å²) in [6.07, 6.45) is 2.68. The maximum absolute atomic E-state index is 4.44. The zero-order valence-corrected chi connectivity index (χ0v) is 6.84. The van der Waals surface area contributed by atoms with Gasteiger partial charge in [0.1, 0.15) is 0 Å². The Labute approximate surface area is 60.8 Å². The molecule has 0 aliphatic carbocycles. The first-order chi connectivity index (χ1) is 3.80. The van der Waals surface area contributed by atoms with E-state index < -0.39 is 0 Å². The fourth-order valence-corrected chi connectivity index (χ4v) is 2.41. The molecule has 1 heterocycles. The predicted octanol–water partition coefficient (Wildman–Crippen LogP) is 2.20. The Bertz CT molecular complexity index is 62.9. The second-order valence-corrected chi connectivity index (χ2v) is 4.43. The molecule has 0 bridgehead atoms. The molecule has 0 amide bonds. The molecule has 1 saturated heterocycles. The predicted molar refractivity (Wildman–Crippen MR) is 43.9 cm³/mol. The highest BCUT2D eigenvalue weighted by atomic mass is 32.2. The first-order valence-corrected chi connectivity index (χ1v) is 4.67. The SMILES string of the molecule is CC1SCCCC1S. The molecule has 0 aromatic rings. The van der Waals surface area contributed by atoms with Crippen molar-refractivity contribution >= 4 is 24.4 Å². The number of thioether (sulfide) groups is 1. The quantitative estimate of drug-likeness (QED) is 0.514. The molecule has 2 heteroatoms. The molecule has 1 aliphatic heterocycles. The van der Waals surface area contributed by atoms with E-state index in [1.54, 1.807) is 0 Å². The molecule has 1 fully saturated rings. The van der Waals surface area contributed by atoms with Crippen LogP contribution in [0.5, 0.6) is 0 Å². The van der Waals surface area contributed by atoms with E-state index >= 15 is 0 Å². The van der Waals surface area contributed by atoms with Crippen LogP contribution in [0, 0.1) is 0 Å². The lowest BCUT2D eigenvalue weighted by Gasteiger charge is -2.23. The van der Waals surface area contributed by atoms with Crippen molar-refractivity contribution in [3.63, 3.8) is 0 Å². The summed E-state index contributed by atoms with van der Waals surface area (Å²) in [5, 5.41) is 1.45. The summed E-state index contributed by atoms with van der Waals surface area (Å²) < 4.78 is 0. The van der Waals surface area contributed by atoms with Gasteiger partial charge in [0, 0.05) is 10.5 Å². The molecule has 1 rings (SSSR count). The molecular formula is C6H12S2. The van der Waals surface area contributed by atoms with Gasteiger partial charge in [0.25, 0.3) is 0 Å². The van der Waals surface area contributed by atoms with Crippen LogP contribution in [0.2, 0.25) is 0 Å². The van der Waals surface area contributed by atoms with Gasteiger partial charge in [-0.25, -0.2) is 0 Å². The van der Waals surface area contributed by atoms with E-state index in [0.29, 0.717) is 5.25 Å². The Morgan fingerprint density at radius 3 is 2.75 bits per heavy atom. The minimum atomic E-state index is 0.661. The highest BCUT2D eigenvalue weighted by molar-refractivity contribution is 8.00. The maximum atomic E-state index is 4.44. The van der Waals surface area contributed by atoms with Crippen LogP contribution in [-0.2, 0) is 0 Å². The number of hydrogen-bond acceptors (Lipinski definition) is 2. The minimum absolute atomic E-state index is 0.661. The molecule has 0 spiro atoms. The maximum Gasteiger partial charge on any atom is 0.0135 e. The third kappa shape index (κ3) is 1.59. The summed E-state index contributed by atoms with van der Waals surface area (Å²) in [6.45, 7) is 2.27. The van der Waals surface area contributed by atoms with Crippen molar-refractivity contribution in [2.45, 2.75) is 30.3 Å². The van der Waals surface area contributed by atoms with Crippen LogP contribution in [0.1, 0.15) is 19.8 Å². The molecule has 0 aromatic carbocycles. The Morgan fingerprint density at radius 2 is 2.38 bits per heavy atom. The summed E-state index contributed by atoms with van der Waals surface area (Å²) in [4.78, 5) is 0. The standard InChI is InChI=1S/C6H12S2/c1-5-6(7)3-2-4-8-5/h5-7H,2-4H2,1H3. The van der Waals surface area contributed by atoms with Crippen molar-refractivity contribution in [1.82, 2.24) is 0 Å². The van der Waals surface area contributed by atoms with Gasteiger partial charge in [0.2, 0.25) is 0 Å². The third-order valence-corrected chi connectivity index (χ3v) is 3.85. The fourth-order valence-electron chi connectivity index (χ4n) is 0.907. The molecular weight excluding hydrogens is 136 g/mol. The second kappa shape index (κ2) is 3.02. The van der Waals surface area contributed by atoms with Crippen LogP contribution in [0.25, 0.3) is 0 Å². The van der Waals surface area contributed by atoms with E-state index in [1.807, 2.05) is 11.8 Å². The summed E-state index contributed by atoms with van der Waals surface area (Å²) in [7, 11) is 0. The molecule has 0 nitrogen and oxygen atoms in total. The summed E-state index contributed by atoms with van der Waals surface area (Å²) >= 11 is 6.49. The van der Waals surface area contributed by atoms with Crippen molar-refractivity contribution in [3.05, 3.63) is 0 Å². The second-order valence-electron chi connectivity index (χ2n) is 2.29. The first kappa shape index (κ1) is 6.81. The summed E-state index contributed by atoms with van der Waals surface area (Å²) in [5.74, 6) is 1.35. The number of rotatable bonds is 0. The lowest BCUT2D eigenvalue weighted by molar-refractivity contribution is 0.714. The van der Waals surface area contributed by atoms with Gasteiger partial charge in [-0.2, -0.15) is 24.4 Å². The Hall–Kier alpha value is 0.700. The molecule has 1 aliphatic rings. The molecule has 0 aromatic heterocycles. The molecule has 0 saturated carbocycles. The average Bonchev–Trinajstić information content (AvgIpc) is 1.77. The van der Waals surface area contributed by atoms with E-state index in [2.05, 4.69) is 19.6 Å². The van der Waals surface area contributed by atoms with Crippen LogP contribution in [0.15, 0.2) is 0 Å². The lowest BCUT2D eigenvalue weighted by Crippen LogP contribution is -2.19. The van der Waals surface area contributed by atoms with Gasteiger partial charge in [-0.05, 0) is 18.6 Å². The van der Waals surface area contributed by atoms with Crippen LogP contribution in [-0.4, -0.2) is 16.3 Å². The fraction of sp³-hybridized carbons (Fsp3) is 1.00. The van der Waals surface area contributed by atoms with Crippen LogP contribution < -0.4 is 0 Å². The zero-order chi connectivity index (χ0) is 5.98. The molecule has 2 atom stereocenters. The van der Waals surface area contributed by atoms with Gasteiger partial charge in [-0.15, -0.1) is 0 Å². The van der Waals surface area contributed by atoms with Gasteiger partial charge in [0.15, 0.2) is 0 Å². The summed E-state index contributed by atoms with van der Waals surface area (Å²) in [6, 6.07) is 0. The molecule has 2 unspecified atom stereocenters. The number of thiol groups is 1. The smallest absolute Gasteiger partial charge is 0.0135 e. The average molecular weight is 148 g/mol. The van der Waals surface area contributed by atoms with Crippen molar-refractivity contribution in [1.29, 1.82) is 0 Å². The van der Waals surface area contributed by atoms with Crippen LogP contribution in [0.3, 0.4) is 0 Å². The molecule has 0 radical (unpaired) electrons. The van der Waals surface area contributed by atoms with Gasteiger partial charge < -0.3 is 0 Å². The monoisotopic (exact) mass is 148 g/mol. The highest BCUT2D eigenvalue weighted by Gasteiger charge is 2.16. The normalized spacial score (nSPS) is 39.8. The summed E-state index contributed by atoms with van der Waals surface area (Å²) in [5.41, 5.74) is 0. The molecule has 8 heavy (non-hydrogen) atoms. The zero-order valence-electron chi connectivity index (χ0n) is 5.13. The Kier molecular flexibility index (Phi) is 2.57. The lowest BCUT2D eigenvalue weighted by atomic mass is 10.2. The van der Waals surface area contributed by atoms with E-state index in [1.165, 1.54) is 18.6 Å². The Morgan fingerprint density at radius 1 is 1.62 bits per heavy atom. The van der Waals surface area contributed by atoms with E-state index in [0.717, 1.165) is 5.25 Å². The van der Waals surface area contributed by atoms with Gasteiger partial charge in [0.05, 0.1) is 0 Å². The Balaban J connectivity index is 2.28.